The quantitative estimate of drug-likeness (QED) is 0.661. The number of imidazole rings is 1. The van der Waals surface area contributed by atoms with Gasteiger partial charge in [0.1, 0.15) is 11.5 Å². The van der Waals surface area contributed by atoms with Gasteiger partial charge in [-0.15, -0.1) is 0 Å². The lowest BCUT2D eigenvalue weighted by Crippen LogP contribution is -2.10. The zero-order valence-corrected chi connectivity index (χ0v) is 15.0. The third kappa shape index (κ3) is 3.20. The average molecular weight is 365 g/mol. The van der Waals surface area contributed by atoms with Gasteiger partial charge in [0.2, 0.25) is 0 Å². The summed E-state index contributed by atoms with van der Waals surface area (Å²) in [7, 11) is 1.68. The SMILES string of the molecule is CCc1nc2c(-c3ccc(Cl)cc3Cl)nccn2c1NCCOC. The molecule has 126 valence electrons. The van der Waals surface area contributed by atoms with Crippen molar-refractivity contribution in [3.05, 3.63) is 46.3 Å². The van der Waals surface area contributed by atoms with E-state index in [2.05, 4.69) is 17.2 Å². The lowest BCUT2D eigenvalue weighted by molar-refractivity contribution is 0.210. The number of ether oxygens (including phenoxy) is 1. The largest absolute Gasteiger partial charge is 0.383 e. The standard InChI is InChI=1S/C17H18Cl2N4O/c1-3-14-16(21-7-9-24-2)23-8-6-20-15(17(23)22-14)12-5-4-11(18)10-13(12)19/h4-6,8,10,21H,3,7,9H2,1-2H3. The number of hydrogen-bond acceptors (Lipinski definition) is 4. The molecule has 7 heteroatoms. The van der Waals surface area contributed by atoms with Gasteiger partial charge in [-0.05, 0) is 24.6 Å². The molecule has 2 aromatic heterocycles. The van der Waals surface area contributed by atoms with Crippen LogP contribution in [0.2, 0.25) is 10.0 Å². The van der Waals surface area contributed by atoms with Crippen LogP contribution in [0.5, 0.6) is 0 Å². The highest BCUT2D eigenvalue weighted by Crippen LogP contribution is 2.32. The van der Waals surface area contributed by atoms with Crippen LogP contribution in [0.4, 0.5) is 5.82 Å². The summed E-state index contributed by atoms with van der Waals surface area (Å²) in [5.41, 5.74) is 3.28. The molecule has 0 aliphatic carbocycles. The molecule has 3 aromatic rings. The summed E-state index contributed by atoms with van der Waals surface area (Å²) < 4.78 is 7.11. The fourth-order valence-electron chi connectivity index (χ4n) is 2.60. The van der Waals surface area contributed by atoms with Crippen molar-refractivity contribution in [1.82, 2.24) is 14.4 Å². The molecule has 0 saturated carbocycles. The minimum Gasteiger partial charge on any atom is -0.383 e. The summed E-state index contributed by atoms with van der Waals surface area (Å²) >= 11 is 12.4. The molecule has 2 heterocycles. The van der Waals surface area contributed by atoms with Crippen molar-refractivity contribution in [2.24, 2.45) is 0 Å². The average Bonchev–Trinajstić information content (AvgIpc) is 2.93. The lowest BCUT2D eigenvalue weighted by atomic mass is 10.1. The molecule has 0 fully saturated rings. The van der Waals surface area contributed by atoms with Crippen LogP contribution in [0.3, 0.4) is 0 Å². The Balaban J connectivity index is 2.13. The van der Waals surface area contributed by atoms with Crippen LogP contribution in [-0.4, -0.2) is 34.6 Å². The van der Waals surface area contributed by atoms with Gasteiger partial charge in [-0.2, -0.15) is 0 Å². The molecule has 0 amide bonds. The van der Waals surface area contributed by atoms with E-state index in [-0.39, 0.29) is 0 Å². The molecule has 3 rings (SSSR count). The summed E-state index contributed by atoms with van der Waals surface area (Å²) in [4.78, 5) is 9.24. The van der Waals surface area contributed by atoms with E-state index >= 15 is 0 Å². The predicted octanol–water partition coefficient (Wildman–Crippen LogP) is 4.32. The van der Waals surface area contributed by atoms with Gasteiger partial charge in [0.05, 0.1) is 17.3 Å². The molecule has 1 aromatic carbocycles. The van der Waals surface area contributed by atoms with E-state index in [4.69, 9.17) is 32.9 Å². The third-order valence-corrected chi connectivity index (χ3v) is 4.28. The molecule has 0 radical (unpaired) electrons. The predicted molar refractivity (Wildman–Crippen MR) is 98.2 cm³/mol. The van der Waals surface area contributed by atoms with Crippen LogP contribution in [-0.2, 0) is 11.2 Å². The van der Waals surface area contributed by atoms with E-state index in [0.29, 0.717) is 23.2 Å². The molecular weight excluding hydrogens is 347 g/mol. The van der Waals surface area contributed by atoms with Crippen LogP contribution in [0, 0.1) is 0 Å². The Kier molecular flexibility index (Phi) is 5.23. The van der Waals surface area contributed by atoms with Crippen LogP contribution in [0.1, 0.15) is 12.6 Å². The normalized spacial score (nSPS) is 11.2. The number of rotatable bonds is 6. The van der Waals surface area contributed by atoms with E-state index in [1.807, 2.05) is 16.7 Å². The highest BCUT2D eigenvalue weighted by Gasteiger charge is 2.16. The number of methoxy groups -OCH3 is 1. The number of anilines is 1. The minimum absolute atomic E-state index is 0.554. The highest BCUT2D eigenvalue weighted by molar-refractivity contribution is 6.36. The number of benzene rings is 1. The number of aryl methyl sites for hydroxylation is 1. The molecule has 0 spiro atoms. The smallest absolute Gasteiger partial charge is 0.165 e. The van der Waals surface area contributed by atoms with Crippen molar-refractivity contribution in [1.29, 1.82) is 0 Å². The van der Waals surface area contributed by atoms with E-state index in [9.17, 15) is 0 Å². The maximum Gasteiger partial charge on any atom is 0.165 e. The van der Waals surface area contributed by atoms with Crippen molar-refractivity contribution >= 4 is 34.7 Å². The summed E-state index contributed by atoms with van der Waals surface area (Å²) in [6.45, 7) is 3.40. The number of fused-ring (bicyclic) bond motifs is 1. The van der Waals surface area contributed by atoms with Crippen molar-refractivity contribution in [3.8, 4) is 11.3 Å². The molecule has 0 atom stereocenters. The maximum atomic E-state index is 6.35. The zero-order valence-electron chi connectivity index (χ0n) is 13.5. The van der Waals surface area contributed by atoms with Crippen LogP contribution < -0.4 is 5.32 Å². The fraction of sp³-hybridized carbons (Fsp3) is 0.294. The van der Waals surface area contributed by atoms with Gasteiger partial charge in [-0.1, -0.05) is 30.1 Å². The van der Waals surface area contributed by atoms with E-state index in [0.717, 1.165) is 34.8 Å². The summed E-state index contributed by atoms with van der Waals surface area (Å²) in [5.74, 6) is 0.957. The van der Waals surface area contributed by atoms with E-state index in [1.165, 1.54) is 0 Å². The summed E-state index contributed by atoms with van der Waals surface area (Å²) in [5, 5.41) is 4.53. The lowest BCUT2D eigenvalue weighted by Gasteiger charge is -2.09. The topological polar surface area (TPSA) is 51.5 Å². The molecular formula is C17H18Cl2N4O. The Morgan fingerprint density at radius 1 is 1.29 bits per heavy atom. The molecule has 1 N–H and O–H groups in total. The zero-order chi connectivity index (χ0) is 17.1. The first-order valence-electron chi connectivity index (χ1n) is 7.69. The number of hydrogen-bond donors (Lipinski definition) is 1. The first-order valence-corrected chi connectivity index (χ1v) is 8.45. The van der Waals surface area contributed by atoms with Gasteiger partial charge in [-0.3, -0.25) is 9.38 Å². The first kappa shape index (κ1) is 17.0. The summed E-state index contributed by atoms with van der Waals surface area (Å²) in [6, 6.07) is 5.38. The van der Waals surface area contributed by atoms with Gasteiger partial charge in [0, 0.05) is 36.6 Å². The van der Waals surface area contributed by atoms with Gasteiger partial charge < -0.3 is 10.1 Å². The Morgan fingerprint density at radius 3 is 2.83 bits per heavy atom. The number of aromatic nitrogens is 3. The number of nitrogens with one attached hydrogen (secondary N) is 1. The minimum atomic E-state index is 0.554. The molecule has 0 aliphatic rings. The number of halogens is 2. The van der Waals surface area contributed by atoms with Crippen LogP contribution in [0.25, 0.3) is 16.9 Å². The monoisotopic (exact) mass is 364 g/mol. The van der Waals surface area contributed by atoms with Gasteiger partial charge in [-0.25, -0.2) is 4.98 Å². The fourth-order valence-corrected chi connectivity index (χ4v) is 3.10. The third-order valence-electron chi connectivity index (χ3n) is 3.73. The Morgan fingerprint density at radius 2 is 2.12 bits per heavy atom. The molecule has 0 unspecified atom stereocenters. The molecule has 0 saturated heterocycles. The second-order valence-electron chi connectivity index (χ2n) is 5.27. The molecule has 0 aliphatic heterocycles. The van der Waals surface area contributed by atoms with Crippen molar-refractivity contribution in [3.63, 3.8) is 0 Å². The van der Waals surface area contributed by atoms with Crippen molar-refractivity contribution in [2.45, 2.75) is 13.3 Å². The molecule has 0 bridgehead atoms. The maximum absolute atomic E-state index is 6.35. The number of nitrogens with zero attached hydrogens (tertiary/aromatic N) is 3. The Labute approximate surface area is 150 Å². The highest BCUT2D eigenvalue weighted by atomic mass is 35.5. The van der Waals surface area contributed by atoms with Crippen molar-refractivity contribution < 1.29 is 4.74 Å². The van der Waals surface area contributed by atoms with Crippen LogP contribution in [0.15, 0.2) is 30.6 Å². The first-order chi connectivity index (χ1) is 11.7. The van der Waals surface area contributed by atoms with Crippen molar-refractivity contribution in [2.75, 3.05) is 25.6 Å². The summed E-state index contributed by atoms with van der Waals surface area (Å²) in [6.07, 6.45) is 4.45. The van der Waals surface area contributed by atoms with Gasteiger partial charge >= 0.3 is 0 Å². The van der Waals surface area contributed by atoms with E-state index in [1.54, 1.807) is 25.4 Å². The van der Waals surface area contributed by atoms with Gasteiger partial charge in [0.25, 0.3) is 0 Å². The van der Waals surface area contributed by atoms with E-state index < -0.39 is 0 Å². The second-order valence-corrected chi connectivity index (χ2v) is 6.12. The van der Waals surface area contributed by atoms with Gasteiger partial charge in [0.15, 0.2) is 5.65 Å². The second kappa shape index (κ2) is 7.38. The van der Waals surface area contributed by atoms with Crippen LogP contribution >= 0.6 is 23.2 Å². The Bertz CT molecular complexity index is 863. The molecule has 5 nitrogen and oxygen atoms in total. The molecule has 24 heavy (non-hydrogen) atoms. The Hall–Kier alpha value is -1.82.